The number of pyridine rings is 1. The summed E-state index contributed by atoms with van der Waals surface area (Å²) in [5.41, 5.74) is 1.29. The van der Waals surface area contributed by atoms with Gasteiger partial charge in [0.05, 0.1) is 11.6 Å². The maximum atomic E-state index is 13.4. The Hall–Kier alpha value is -3.16. The first kappa shape index (κ1) is 23.6. The Labute approximate surface area is 210 Å². The van der Waals surface area contributed by atoms with E-state index in [0.717, 1.165) is 48.6 Å². The number of carbonyl (C=O) groups excluding carboxylic acids is 2. The van der Waals surface area contributed by atoms with Crippen LogP contribution in [0.5, 0.6) is 0 Å². The highest BCUT2D eigenvalue weighted by molar-refractivity contribution is 6.33. The number of furan rings is 1. The van der Waals surface area contributed by atoms with Crippen molar-refractivity contribution in [2.75, 3.05) is 26.7 Å². The number of likely N-dealkylation sites (N-methyl/N-ethyl adjacent to an activating group) is 1. The standard InChI is InChI=1S/C27H29ClN4O3/c1-30-26(34)32(16-4-5-20-10-14-29-15-11-20)25(33)27(30)12-17-31(18-13-27)19-21-8-9-24(35-21)22-6-2-3-7-23(22)28/h2-3,6-11,14-15H,4-5,12-13,16-19H2,1H3. The van der Waals surface area contributed by atoms with Crippen LogP contribution in [0.2, 0.25) is 5.02 Å². The molecule has 7 nitrogen and oxygen atoms in total. The first-order chi connectivity index (χ1) is 17.0. The highest BCUT2D eigenvalue weighted by Crippen LogP contribution is 2.37. The number of amides is 3. The second kappa shape index (κ2) is 9.84. The summed E-state index contributed by atoms with van der Waals surface area (Å²) in [6.45, 7) is 2.53. The molecule has 0 saturated carbocycles. The van der Waals surface area contributed by atoms with Crippen LogP contribution >= 0.6 is 11.6 Å². The predicted octanol–water partition coefficient (Wildman–Crippen LogP) is 4.86. The molecule has 0 bridgehead atoms. The van der Waals surface area contributed by atoms with Gasteiger partial charge in [-0.05, 0) is 67.6 Å². The van der Waals surface area contributed by atoms with Gasteiger partial charge in [-0.1, -0.05) is 23.7 Å². The summed E-state index contributed by atoms with van der Waals surface area (Å²) >= 11 is 6.30. The largest absolute Gasteiger partial charge is 0.460 e. The monoisotopic (exact) mass is 492 g/mol. The summed E-state index contributed by atoms with van der Waals surface area (Å²) in [6.07, 6.45) is 6.31. The Kier molecular flexibility index (Phi) is 6.62. The van der Waals surface area contributed by atoms with E-state index in [1.165, 1.54) is 4.90 Å². The lowest BCUT2D eigenvalue weighted by atomic mass is 9.86. The lowest BCUT2D eigenvalue weighted by Crippen LogP contribution is -2.55. The summed E-state index contributed by atoms with van der Waals surface area (Å²) in [6, 6.07) is 15.3. The molecule has 2 aromatic heterocycles. The maximum Gasteiger partial charge on any atom is 0.327 e. The molecule has 0 radical (unpaired) electrons. The van der Waals surface area contributed by atoms with Crippen LogP contribution in [0.4, 0.5) is 4.79 Å². The number of halogens is 1. The van der Waals surface area contributed by atoms with Gasteiger partial charge >= 0.3 is 6.03 Å². The second-order valence-electron chi connectivity index (χ2n) is 9.31. The van der Waals surface area contributed by atoms with E-state index in [1.807, 2.05) is 48.5 Å². The summed E-state index contributed by atoms with van der Waals surface area (Å²) in [5, 5.41) is 0.658. The van der Waals surface area contributed by atoms with Crippen molar-refractivity contribution in [1.29, 1.82) is 0 Å². The molecule has 35 heavy (non-hydrogen) atoms. The summed E-state index contributed by atoms with van der Waals surface area (Å²) in [4.78, 5) is 35.8. The topological polar surface area (TPSA) is 69.9 Å². The van der Waals surface area contributed by atoms with E-state index in [1.54, 1.807) is 24.3 Å². The van der Waals surface area contributed by atoms with E-state index in [2.05, 4.69) is 9.88 Å². The Morgan fingerprint density at radius 3 is 2.51 bits per heavy atom. The van der Waals surface area contributed by atoms with Crippen LogP contribution in [0, 0.1) is 0 Å². The van der Waals surface area contributed by atoms with E-state index in [0.29, 0.717) is 31.0 Å². The van der Waals surface area contributed by atoms with Crippen LogP contribution in [0.1, 0.15) is 30.6 Å². The van der Waals surface area contributed by atoms with Crippen molar-refractivity contribution in [3.05, 3.63) is 77.3 Å². The molecule has 0 N–H and O–H groups in total. The maximum absolute atomic E-state index is 13.4. The van der Waals surface area contributed by atoms with Gasteiger partial charge in [-0.25, -0.2) is 4.79 Å². The van der Waals surface area contributed by atoms with Crippen molar-refractivity contribution in [3.63, 3.8) is 0 Å². The van der Waals surface area contributed by atoms with E-state index < -0.39 is 5.54 Å². The molecule has 8 heteroatoms. The van der Waals surface area contributed by atoms with Gasteiger partial charge < -0.3 is 9.32 Å². The molecule has 5 rings (SSSR count). The lowest BCUT2D eigenvalue weighted by Gasteiger charge is -2.40. The van der Waals surface area contributed by atoms with Crippen molar-refractivity contribution in [3.8, 4) is 11.3 Å². The second-order valence-corrected chi connectivity index (χ2v) is 9.72. The number of hydrogen-bond acceptors (Lipinski definition) is 5. The number of aromatic nitrogens is 1. The number of benzene rings is 1. The minimum absolute atomic E-state index is 0.0571. The third-order valence-electron chi connectivity index (χ3n) is 7.26. The first-order valence-corrected chi connectivity index (χ1v) is 12.4. The molecule has 1 aromatic carbocycles. The highest BCUT2D eigenvalue weighted by Gasteiger charge is 2.56. The molecule has 2 saturated heterocycles. The zero-order chi connectivity index (χ0) is 24.4. The average molecular weight is 493 g/mol. The van der Waals surface area contributed by atoms with Crippen molar-refractivity contribution in [2.45, 2.75) is 37.8 Å². The number of likely N-dealkylation sites (tertiary alicyclic amines) is 1. The molecule has 0 unspecified atom stereocenters. The number of rotatable bonds is 7. The van der Waals surface area contributed by atoms with Crippen molar-refractivity contribution < 1.29 is 14.0 Å². The number of carbonyl (C=O) groups is 2. The number of nitrogens with zero attached hydrogens (tertiary/aromatic N) is 4. The Morgan fingerprint density at radius 1 is 1.03 bits per heavy atom. The molecule has 2 aliphatic heterocycles. The molecule has 3 aromatic rings. The minimum atomic E-state index is -0.740. The van der Waals surface area contributed by atoms with Gasteiger partial charge in [0.25, 0.3) is 5.91 Å². The van der Waals surface area contributed by atoms with Gasteiger partial charge in [0.1, 0.15) is 17.1 Å². The minimum Gasteiger partial charge on any atom is -0.460 e. The third-order valence-corrected chi connectivity index (χ3v) is 7.59. The molecule has 2 fully saturated rings. The molecule has 3 amide bonds. The SMILES string of the molecule is CN1C(=O)N(CCCc2ccncc2)C(=O)C12CCN(Cc1ccc(-c3ccccc3Cl)o1)CC2. The molecular formula is C27H29ClN4O3. The van der Waals surface area contributed by atoms with Crippen molar-refractivity contribution >= 4 is 23.5 Å². The molecule has 182 valence electrons. The Bertz CT molecular complexity index is 1200. The van der Waals surface area contributed by atoms with Gasteiger partial charge in [-0.15, -0.1) is 0 Å². The lowest BCUT2D eigenvalue weighted by molar-refractivity contribution is -0.135. The molecule has 0 atom stereocenters. The summed E-state index contributed by atoms with van der Waals surface area (Å²) in [5.74, 6) is 1.55. The third kappa shape index (κ3) is 4.58. The van der Waals surface area contributed by atoms with Crippen LogP contribution in [-0.2, 0) is 17.8 Å². The van der Waals surface area contributed by atoms with Gasteiger partial charge in [-0.3, -0.25) is 19.6 Å². The number of piperidine rings is 1. The average Bonchev–Trinajstić information content (AvgIpc) is 3.40. The predicted molar refractivity (Wildman–Crippen MR) is 134 cm³/mol. The fraction of sp³-hybridized carbons (Fsp3) is 0.370. The van der Waals surface area contributed by atoms with Crippen LogP contribution in [0.25, 0.3) is 11.3 Å². The van der Waals surface area contributed by atoms with Gasteiger partial charge in [0.15, 0.2) is 0 Å². The van der Waals surface area contributed by atoms with E-state index in [9.17, 15) is 9.59 Å². The van der Waals surface area contributed by atoms with E-state index >= 15 is 0 Å². The quantitative estimate of drug-likeness (QED) is 0.441. The fourth-order valence-corrected chi connectivity index (χ4v) is 5.38. The molecule has 2 aliphatic rings. The van der Waals surface area contributed by atoms with Gasteiger partial charge in [0, 0.05) is 44.6 Å². The normalized spacial score (nSPS) is 18.1. The highest BCUT2D eigenvalue weighted by atomic mass is 35.5. The smallest absolute Gasteiger partial charge is 0.327 e. The number of aryl methyl sites for hydroxylation is 1. The molecule has 0 aliphatic carbocycles. The van der Waals surface area contributed by atoms with Gasteiger partial charge in [0.2, 0.25) is 0 Å². The van der Waals surface area contributed by atoms with E-state index in [-0.39, 0.29) is 11.9 Å². The zero-order valence-corrected chi connectivity index (χ0v) is 20.6. The Morgan fingerprint density at radius 2 is 1.77 bits per heavy atom. The number of hydrogen-bond donors (Lipinski definition) is 0. The van der Waals surface area contributed by atoms with Crippen LogP contribution in [0.3, 0.4) is 0 Å². The fourth-order valence-electron chi connectivity index (χ4n) is 5.15. The molecule has 4 heterocycles. The van der Waals surface area contributed by atoms with Crippen LogP contribution in [0.15, 0.2) is 65.3 Å². The molecular weight excluding hydrogens is 464 g/mol. The van der Waals surface area contributed by atoms with Crippen molar-refractivity contribution in [2.24, 2.45) is 0 Å². The van der Waals surface area contributed by atoms with Gasteiger partial charge in [-0.2, -0.15) is 0 Å². The summed E-state index contributed by atoms with van der Waals surface area (Å²) in [7, 11) is 1.77. The van der Waals surface area contributed by atoms with Crippen molar-refractivity contribution in [1.82, 2.24) is 19.7 Å². The zero-order valence-electron chi connectivity index (χ0n) is 19.8. The summed E-state index contributed by atoms with van der Waals surface area (Å²) < 4.78 is 6.06. The van der Waals surface area contributed by atoms with Crippen LogP contribution in [-0.4, -0.2) is 63.8 Å². The van der Waals surface area contributed by atoms with E-state index in [4.69, 9.17) is 16.0 Å². The first-order valence-electron chi connectivity index (χ1n) is 12.0. The number of imide groups is 1. The number of urea groups is 1. The van der Waals surface area contributed by atoms with Crippen LogP contribution < -0.4 is 0 Å². The molecule has 1 spiro atoms. The Balaban J connectivity index is 1.18.